The zero-order chi connectivity index (χ0) is 16.4. The molecule has 0 aliphatic carbocycles. The maximum atomic E-state index is 12.5. The monoisotopic (exact) mass is 328 g/mol. The molecule has 2 aromatic carbocycles. The molecule has 0 aliphatic rings. The number of sulfonamides is 1. The van der Waals surface area contributed by atoms with E-state index in [1.807, 2.05) is 19.1 Å². The van der Waals surface area contributed by atoms with Crippen molar-refractivity contribution in [3.8, 4) is 11.3 Å². The lowest BCUT2D eigenvalue weighted by molar-refractivity contribution is 0.427. The highest BCUT2D eigenvalue weighted by Crippen LogP contribution is 2.26. The van der Waals surface area contributed by atoms with Gasteiger partial charge in [-0.15, -0.1) is 0 Å². The van der Waals surface area contributed by atoms with Gasteiger partial charge in [0.2, 0.25) is 0 Å². The highest BCUT2D eigenvalue weighted by atomic mass is 32.2. The molecule has 0 aliphatic heterocycles. The highest BCUT2D eigenvalue weighted by molar-refractivity contribution is 7.92. The first kappa shape index (κ1) is 15.3. The van der Waals surface area contributed by atoms with Crippen LogP contribution in [0.4, 0.5) is 5.69 Å². The summed E-state index contributed by atoms with van der Waals surface area (Å²) in [6.07, 6.45) is 0. The zero-order valence-electron chi connectivity index (χ0n) is 12.8. The SMILES string of the molecule is Cc1cc(-c2ccc(S(=O)(=O)Nc3ccccc3)c(C)c2)on1. The first-order valence-electron chi connectivity index (χ1n) is 7.08. The molecule has 0 radical (unpaired) electrons. The molecule has 118 valence electrons. The number of benzene rings is 2. The lowest BCUT2D eigenvalue weighted by Crippen LogP contribution is -2.14. The Morgan fingerprint density at radius 3 is 2.35 bits per heavy atom. The Hall–Kier alpha value is -2.60. The molecule has 0 fully saturated rings. The molecule has 0 saturated carbocycles. The predicted molar refractivity (Wildman–Crippen MR) is 88.7 cm³/mol. The van der Waals surface area contributed by atoms with Gasteiger partial charge in [0.05, 0.1) is 10.6 Å². The summed E-state index contributed by atoms with van der Waals surface area (Å²) in [5.74, 6) is 0.616. The van der Waals surface area contributed by atoms with Crippen molar-refractivity contribution in [2.24, 2.45) is 0 Å². The lowest BCUT2D eigenvalue weighted by Gasteiger charge is -2.11. The van der Waals surface area contributed by atoms with Crippen molar-refractivity contribution < 1.29 is 12.9 Å². The van der Waals surface area contributed by atoms with Crippen molar-refractivity contribution in [1.29, 1.82) is 0 Å². The van der Waals surface area contributed by atoms with Crippen molar-refractivity contribution in [2.75, 3.05) is 4.72 Å². The van der Waals surface area contributed by atoms with Crippen LogP contribution < -0.4 is 4.72 Å². The van der Waals surface area contributed by atoms with Gasteiger partial charge in [-0.2, -0.15) is 0 Å². The fourth-order valence-electron chi connectivity index (χ4n) is 2.32. The Morgan fingerprint density at radius 2 is 1.74 bits per heavy atom. The fourth-order valence-corrected chi connectivity index (χ4v) is 3.61. The molecular weight excluding hydrogens is 312 g/mol. The van der Waals surface area contributed by atoms with Crippen molar-refractivity contribution in [3.63, 3.8) is 0 Å². The van der Waals surface area contributed by atoms with Crippen LogP contribution in [-0.4, -0.2) is 13.6 Å². The number of aromatic nitrogens is 1. The van der Waals surface area contributed by atoms with Crippen LogP contribution in [0.1, 0.15) is 11.3 Å². The van der Waals surface area contributed by atoms with E-state index in [9.17, 15) is 8.42 Å². The molecule has 1 heterocycles. The van der Waals surface area contributed by atoms with Crippen LogP contribution in [0.25, 0.3) is 11.3 Å². The molecule has 6 heteroatoms. The molecule has 0 amide bonds. The molecule has 0 unspecified atom stereocenters. The summed E-state index contributed by atoms with van der Waals surface area (Å²) in [6, 6.07) is 15.7. The summed E-state index contributed by atoms with van der Waals surface area (Å²) in [6.45, 7) is 3.59. The van der Waals surface area contributed by atoms with Gasteiger partial charge < -0.3 is 4.52 Å². The minimum Gasteiger partial charge on any atom is -0.356 e. The van der Waals surface area contributed by atoms with Gasteiger partial charge in [-0.3, -0.25) is 4.72 Å². The van der Waals surface area contributed by atoms with Gasteiger partial charge in [0, 0.05) is 17.3 Å². The summed E-state index contributed by atoms with van der Waals surface area (Å²) in [4.78, 5) is 0.237. The quantitative estimate of drug-likeness (QED) is 0.791. The van der Waals surface area contributed by atoms with E-state index in [1.165, 1.54) is 0 Å². The first-order valence-corrected chi connectivity index (χ1v) is 8.56. The molecule has 1 N–H and O–H groups in total. The maximum Gasteiger partial charge on any atom is 0.262 e. The standard InChI is InChI=1S/C17H16N2O3S/c1-12-10-14(16-11-13(2)18-22-16)8-9-17(12)23(20,21)19-15-6-4-3-5-7-15/h3-11,19H,1-2H3. The topological polar surface area (TPSA) is 72.2 Å². The minimum atomic E-state index is -3.63. The van der Waals surface area contributed by atoms with E-state index in [2.05, 4.69) is 9.88 Å². The average Bonchev–Trinajstić information content (AvgIpc) is 2.94. The molecule has 3 rings (SSSR count). The third-order valence-electron chi connectivity index (χ3n) is 3.40. The van der Waals surface area contributed by atoms with Gasteiger partial charge in [-0.05, 0) is 49.7 Å². The van der Waals surface area contributed by atoms with E-state index < -0.39 is 10.0 Å². The Morgan fingerprint density at radius 1 is 1.00 bits per heavy atom. The second-order valence-corrected chi connectivity index (χ2v) is 6.94. The van der Waals surface area contributed by atoms with E-state index >= 15 is 0 Å². The molecule has 0 spiro atoms. The molecule has 23 heavy (non-hydrogen) atoms. The summed E-state index contributed by atoms with van der Waals surface area (Å²) >= 11 is 0. The van der Waals surface area contributed by atoms with Gasteiger partial charge in [0.15, 0.2) is 5.76 Å². The van der Waals surface area contributed by atoms with E-state index in [4.69, 9.17) is 4.52 Å². The molecule has 1 aromatic heterocycles. The van der Waals surface area contributed by atoms with Gasteiger partial charge in [0.25, 0.3) is 10.0 Å². The van der Waals surface area contributed by atoms with E-state index in [1.54, 1.807) is 49.4 Å². The number of aryl methyl sites for hydroxylation is 2. The Balaban J connectivity index is 1.94. The third kappa shape index (κ3) is 3.27. The number of hydrogen-bond acceptors (Lipinski definition) is 4. The highest BCUT2D eigenvalue weighted by Gasteiger charge is 2.18. The van der Waals surface area contributed by atoms with Crippen molar-refractivity contribution in [1.82, 2.24) is 5.16 Å². The number of nitrogens with zero attached hydrogens (tertiary/aromatic N) is 1. The summed E-state index contributed by atoms with van der Waals surface area (Å²) < 4.78 is 32.8. The fraction of sp³-hybridized carbons (Fsp3) is 0.118. The predicted octanol–water partition coefficient (Wildman–Crippen LogP) is 3.76. The first-order chi connectivity index (χ1) is 11.0. The normalized spacial score (nSPS) is 11.4. The van der Waals surface area contributed by atoms with Crippen molar-refractivity contribution >= 4 is 15.7 Å². The molecule has 5 nitrogen and oxygen atoms in total. The van der Waals surface area contributed by atoms with Gasteiger partial charge in [-0.25, -0.2) is 8.42 Å². The summed E-state index contributed by atoms with van der Waals surface area (Å²) in [7, 11) is -3.63. The van der Waals surface area contributed by atoms with E-state index in [0.717, 1.165) is 11.3 Å². The molecule has 0 saturated heterocycles. The Bertz CT molecular complexity index is 931. The Kier molecular flexibility index (Phi) is 3.92. The van der Waals surface area contributed by atoms with Crippen LogP contribution in [0.15, 0.2) is 64.0 Å². The molecule has 0 bridgehead atoms. The van der Waals surface area contributed by atoms with Gasteiger partial charge in [-0.1, -0.05) is 23.4 Å². The zero-order valence-corrected chi connectivity index (χ0v) is 13.6. The largest absolute Gasteiger partial charge is 0.356 e. The van der Waals surface area contributed by atoms with Crippen LogP contribution in [0.5, 0.6) is 0 Å². The number of hydrogen-bond donors (Lipinski definition) is 1. The van der Waals surface area contributed by atoms with Crippen molar-refractivity contribution in [3.05, 3.63) is 65.9 Å². The van der Waals surface area contributed by atoms with Crippen LogP contribution >= 0.6 is 0 Å². The average molecular weight is 328 g/mol. The summed E-state index contributed by atoms with van der Waals surface area (Å²) in [5, 5.41) is 3.84. The van der Waals surface area contributed by atoms with Gasteiger partial charge in [0.1, 0.15) is 0 Å². The molecular formula is C17H16N2O3S. The van der Waals surface area contributed by atoms with E-state index in [0.29, 0.717) is 17.0 Å². The minimum absolute atomic E-state index is 0.237. The van der Waals surface area contributed by atoms with Gasteiger partial charge >= 0.3 is 0 Å². The van der Waals surface area contributed by atoms with Crippen LogP contribution in [0.3, 0.4) is 0 Å². The number of para-hydroxylation sites is 1. The van der Waals surface area contributed by atoms with Crippen molar-refractivity contribution in [2.45, 2.75) is 18.7 Å². The third-order valence-corrected chi connectivity index (χ3v) is 4.94. The van der Waals surface area contributed by atoms with E-state index in [-0.39, 0.29) is 4.90 Å². The second-order valence-electron chi connectivity index (χ2n) is 5.28. The Labute approximate surface area is 135 Å². The lowest BCUT2D eigenvalue weighted by atomic mass is 10.1. The van der Waals surface area contributed by atoms with Crippen LogP contribution in [-0.2, 0) is 10.0 Å². The second kappa shape index (κ2) is 5.89. The molecule has 0 atom stereocenters. The number of rotatable bonds is 4. The summed E-state index contributed by atoms with van der Waals surface area (Å²) in [5.41, 5.74) is 2.74. The smallest absolute Gasteiger partial charge is 0.262 e. The number of nitrogens with one attached hydrogen (secondary N) is 1. The maximum absolute atomic E-state index is 12.5. The van der Waals surface area contributed by atoms with Crippen LogP contribution in [0.2, 0.25) is 0 Å². The number of anilines is 1. The van der Waals surface area contributed by atoms with Crippen LogP contribution in [0, 0.1) is 13.8 Å². The molecule has 3 aromatic rings.